The molecule has 0 atom stereocenters. The van der Waals surface area contributed by atoms with Crippen LogP contribution in [0.1, 0.15) is 49.3 Å². The maximum Gasteiger partial charge on any atom is 0.417 e. The number of aromatic nitrogens is 2. The van der Waals surface area contributed by atoms with Crippen molar-refractivity contribution in [1.82, 2.24) is 9.97 Å². The largest absolute Gasteiger partial charge is 0.417 e. The van der Waals surface area contributed by atoms with E-state index in [-0.39, 0.29) is 22.1 Å². The van der Waals surface area contributed by atoms with E-state index in [0.29, 0.717) is 11.8 Å². The fourth-order valence-corrected chi connectivity index (χ4v) is 2.43. The van der Waals surface area contributed by atoms with Gasteiger partial charge in [-0.3, -0.25) is 4.79 Å². The van der Waals surface area contributed by atoms with Gasteiger partial charge in [0, 0.05) is 24.3 Å². The number of pyridine rings is 2. The molecule has 0 radical (unpaired) electrons. The van der Waals surface area contributed by atoms with Crippen molar-refractivity contribution in [3.8, 4) is 6.07 Å². The lowest BCUT2D eigenvalue weighted by molar-refractivity contribution is -0.137. The smallest absolute Gasteiger partial charge is 0.371 e. The molecule has 2 rings (SSSR count). The van der Waals surface area contributed by atoms with Crippen LogP contribution in [0.5, 0.6) is 0 Å². The first-order chi connectivity index (χ1) is 13.5. The highest BCUT2D eigenvalue weighted by Crippen LogP contribution is 2.33. The number of hydrogen-bond donors (Lipinski definition) is 3. The van der Waals surface area contributed by atoms with Crippen LogP contribution in [0.15, 0.2) is 29.4 Å². The number of amides is 1. The molecule has 156 valence electrons. The molecule has 2 aromatic heterocycles. The minimum absolute atomic E-state index is 0.0688. The maximum atomic E-state index is 12.9. The lowest BCUT2D eigenvalue weighted by Gasteiger charge is -2.17. The Bertz CT molecular complexity index is 923. The van der Waals surface area contributed by atoms with Crippen LogP contribution in [0.25, 0.3) is 0 Å². The minimum atomic E-state index is -4.60. The second-order valence-corrected chi connectivity index (χ2v) is 6.63. The van der Waals surface area contributed by atoms with Crippen LogP contribution >= 0.6 is 12.6 Å². The summed E-state index contributed by atoms with van der Waals surface area (Å²) in [4.78, 5) is 20.3. The molecule has 2 heterocycles. The minimum Gasteiger partial charge on any atom is -0.371 e. The van der Waals surface area contributed by atoms with Gasteiger partial charge in [-0.15, -0.1) is 12.6 Å². The van der Waals surface area contributed by atoms with E-state index in [1.807, 2.05) is 13.8 Å². The van der Waals surface area contributed by atoms with E-state index in [1.54, 1.807) is 13.8 Å². The van der Waals surface area contributed by atoms with Gasteiger partial charge in [-0.2, -0.15) is 18.4 Å². The SMILES string of the molecule is CC.CNc1ncc(C(F)(F)F)cc1NC(=O)c1ncc(C(C)(C)C#N)cc1S. The number of rotatable bonds is 4. The van der Waals surface area contributed by atoms with Crippen molar-refractivity contribution in [2.45, 2.75) is 44.2 Å². The van der Waals surface area contributed by atoms with Crippen LogP contribution in [0.3, 0.4) is 0 Å². The zero-order chi connectivity index (χ0) is 22.4. The second-order valence-electron chi connectivity index (χ2n) is 6.15. The topological polar surface area (TPSA) is 90.7 Å². The molecule has 0 unspecified atom stereocenters. The number of carbonyl (C=O) groups excluding carboxylic acids is 1. The highest BCUT2D eigenvalue weighted by atomic mass is 32.1. The zero-order valence-corrected chi connectivity index (χ0v) is 17.5. The molecule has 1 amide bonds. The van der Waals surface area contributed by atoms with E-state index < -0.39 is 23.1 Å². The Hall–Kier alpha value is -2.80. The predicted molar refractivity (Wildman–Crippen MR) is 108 cm³/mol. The van der Waals surface area contributed by atoms with Gasteiger partial charge >= 0.3 is 6.18 Å². The number of carbonyl (C=O) groups is 1. The van der Waals surface area contributed by atoms with Crippen LogP contribution in [-0.2, 0) is 11.6 Å². The Morgan fingerprint density at radius 3 is 2.21 bits per heavy atom. The van der Waals surface area contributed by atoms with E-state index in [2.05, 4.69) is 39.3 Å². The Balaban J connectivity index is 0.00000204. The summed E-state index contributed by atoms with van der Waals surface area (Å²) in [6.07, 6.45) is -2.57. The highest BCUT2D eigenvalue weighted by molar-refractivity contribution is 7.80. The molecule has 6 nitrogen and oxygen atoms in total. The molecule has 0 bridgehead atoms. The lowest BCUT2D eigenvalue weighted by atomic mass is 9.87. The molecule has 0 aliphatic rings. The molecule has 29 heavy (non-hydrogen) atoms. The summed E-state index contributed by atoms with van der Waals surface area (Å²) in [5.74, 6) is -0.682. The van der Waals surface area contributed by atoms with Crippen molar-refractivity contribution in [2.24, 2.45) is 0 Å². The summed E-state index contributed by atoms with van der Waals surface area (Å²) in [5, 5.41) is 14.1. The van der Waals surface area contributed by atoms with E-state index >= 15 is 0 Å². The first kappa shape index (κ1) is 24.2. The van der Waals surface area contributed by atoms with Gasteiger partial charge in [0.05, 0.1) is 22.7 Å². The van der Waals surface area contributed by atoms with Crippen molar-refractivity contribution in [1.29, 1.82) is 5.26 Å². The molecule has 0 aliphatic heterocycles. The number of thiol groups is 1. The summed E-state index contributed by atoms with van der Waals surface area (Å²) in [6, 6.07) is 4.42. The number of alkyl halides is 3. The number of nitrogens with one attached hydrogen (secondary N) is 2. The normalized spacial score (nSPS) is 11.0. The first-order valence-electron chi connectivity index (χ1n) is 8.66. The summed E-state index contributed by atoms with van der Waals surface area (Å²) in [7, 11) is 1.46. The van der Waals surface area contributed by atoms with Crippen molar-refractivity contribution < 1.29 is 18.0 Å². The van der Waals surface area contributed by atoms with E-state index in [4.69, 9.17) is 0 Å². The molecular formula is C19H22F3N5OS. The number of halogens is 3. The van der Waals surface area contributed by atoms with Gasteiger partial charge in [0.25, 0.3) is 5.91 Å². The standard InChI is InChI=1S/C17H16F3N5OS.C2H6/c1-16(2,8-21)9-5-12(27)13(23-6-9)15(26)25-11-4-10(17(18,19)20)7-24-14(11)22-3;1-2/h4-7,27H,1-3H3,(H,22,24)(H,25,26);1-2H3. The van der Waals surface area contributed by atoms with Crippen LogP contribution in [0.4, 0.5) is 24.7 Å². The molecule has 0 fully saturated rings. The van der Waals surface area contributed by atoms with Crippen molar-refractivity contribution >= 4 is 30.0 Å². The number of hydrogen-bond acceptors (Lipinski definition) is 6. The quantitative estimate of drug-likeness (QED) is 0.606. The zero-order valence-electron chi connectivity index (χ0n) is 16.6. The molecular weight excluding hydrogens is 403 g/mol. The summed E-state index contributed by atoms with van der Waals surface area (Å²) < 4.78 is 38.7. The highest BCUT2D eigenvalue weighted by Gasteiger charge is 2.32. The number of nitriles is 1. The van der Waals surface area contributed by atoms with Gasteiger partial charge in [0.2, 0.25) is 0 Å². The average Bonchev–Trinajstić information content (AvgIpc) is 2.68. The summed E-state index contributed by atoms with van der Waals surface area (Å²) >= 11 is 4.22. The third-order valence-electron chi connectivity index (χ3n) is 3.78. The van der Waals surface area contributed by atoms with E-state index in [1.165, 1.54) is 19.3 Å². The first-order valence-corrected chi connectivity index (χ1v) is 9.11. The van der Waals surface area contributed by atoms with E-state index in [9.17, 15) is 23.2 Å². The van der Waals surface area contributed by atoms with Gasteiger partial charge < -0.3 is 10.6 Å². The molecule has 0 saturated heterocycles. The Morgan fingerprint density at radius 2 is 1.72 bits per heavy atom. The Kier molecular flexibility index (Phi) is 8.03. The van der Waals surface area contributed by atoms with Crippen molar-refractivity contribution in [2.75, 3.05) is 17.7 Å². The summed E-state index contributed by atoms with van der Waals surface area (Å²) in [5.41, 5.74) is -1.50. The van der Waals surface area contributed by atoms with Gasteiger partial charge in [-0.25, -0.2) is 9.97 Å². The molecule has 2 N–H and O–H groups in total. The maximum absolute atomic E-state index is 12.9. The molecule has 0 aromatic carbocycles. The number of anilines is 2. The van der Waals surface area contributed by atoms with Gasteiger partial charge in [-0.05, 0) is 31.5 Å². The average molecular weight is 425 g/mol. The monoisotopic (exact) mass is 425 g/mol. The van der Waals surface area contributed by atoms with Gasteiger partial charge in [0.15, 0.2) is 0 Å². The fraction of sp³-hybridized carbons (Fsp3) is 0.368. The second kappa shape index (κ2) is 9.60. The van der Waals surface area contributed by atoms with Crippen molar-refractivity contribution in [3.63, 3.8) is 0 Å². The Labute approximate surface area is 173 Å². The van der Waals surface area contributed by atoms with Crippen LogP contribution in [0, 0.1) is 11.3 Å². The van der Waals surface area contributed by atoms with Crippen LogP contribution < -0.4 is 10.6 Å². The fourth-order valence-electron chi connectivity index (χ4n) is 2.13. The molecule has 0 saturated carbocycles. The molecule has 10 heteroatoms. The van der Waals surface area contributed by atoms with Crippen LogP contribution in [-0.4, -0.2) is 22.9 Å². The molecule has 0 aliphatic carbocycles. The van der Waals surface area contributed by atoms with Crippen molar-refractivity contribution in [3.05, 3.63) is 41.3 Å². The van der Waals surface area contributed by atoms with Gasteiger partial charge in [-0.1, -0.05) is 13.8 Å². The Morgan fingerprint density at radius 1 is 1.14 bits per heavy atom. The van der Waals surface area contributed by atoms with Crippen LogP contribution in [0.2, 0.25) is 0 Å². The predicted octanol–water partition coefficient (Wildman–Crippen LogP) is 4.91. The van der Waals surface area contributed by atoms with Gasteiger partial charge in [0.1, 0.15) is 11.5 Å². The number of nitrogens with zero attached hydrogens (tertiary/aromatic N) is 3. The third-order valence-corrected chi connectivity index (χ3v) is 4.12. The van der Waals surface area contributed by atoms with E-state index in [0.717, 1.165) is 6.07 Å². The molecule has 2 aromatic rings. The molecule has 0 spiro atoms. The third kappa shape index (κ3) is 5.84. The summed E-state index contributed by atoms with van der Waals surface area (Å²) in [6.45, 7) is 7.37. The lowest BCUT2D eigenvalue weighted by Crippen LogP contribution is -2.19.